The number of Topliss-reactive ketones (excluding diaryl/α,β-unsaturated/α-hetero) is 2. The summed E-state index contributed by atoms with van der Waals surface area (Å²) in [5, 5.41) is 22.6. The smallest absolute Gasteiger partial charge is 0.204 e. The molecule has 184 valence electrons. The van der Waals surface area contributed by atoms with Crippen LogP contribution in [0.25, 0.3) is 22.3 Å². The van der Waals surface area contributed by atoms with Crippen LogP contribution in [0, 0.1) is 5.92 Å². The van der Waals surface area contributed by atoms with Crippen molar-refractivity contribution in [2.75, 3.05) is 20.2 Å². The maximum Gasteiger partial charge on any atom is 0.204 e. The van der Waals surface area contributed by atoms with E-state index in [-0.39, 0.29) is 11.6 Å². The second kappa shape index (κ2) is 8.52. The summed E-state index contributed by atoms with van der Waals surface area (Å²) in [5.74, 6) is -0.196. The van der Waals surface area contributed by atoms with Crippen LogP contribution in [0.15, 0.2) is 36.5 Å². The van der Waals surface area contributed by atoms with Gasteiger partial charge >= 0.3 is 0 Å². The van der Waals surface area contributed by atoms with Gasteiger partial charge in [-0.1, -0.05) is 0 Å². The number of ether oxygens (including phenoxy) is 2. The molecule has 2 aliphatic heterocycles. The largest absolute Gasteiger partial charge is 0.496 e. The van der Waals surface area contributed by atoms with Crippen LogP contribution in [0.4, 0.5) is 0 Å². The maximum absolute atomic E-state index is 14.2. The molecule has 2 aromatic carbocycles. The summed E-state index contributed by atoms with van der Waals surface area (Å²) in [6.07, 6.45) is 2.80. The first-order chi connectivity index (χ1) is 17.5. The number of rotatable bonds is 5. The molecule has 1 fully saturated rings. The Hall–Kier alpha value is -4.12. The van der Waals surface area contributed by atoms with E-state index in [1.54, 1.807) is 48.3 Å². The number of fused-ring (bicyclic) bond motifs is 2. The molecule has 0 bridgehead atoms. The van der Waals surface area contributed by atoms with Gasteiger partial charge in [0, 0.05) is 30.5 Å². The van der Waals surface area contributed by atoms with Crippen LogP contribution < -0.4 is 14.8 Å². The number of nitrogens with one attached hydrogen (secondary N) is 2. The zero-order valence-corrected chi connectivity index (χ0v) is 19.9. The monoisotopic (exact) mass is 487 g/mol. The zero-order valence-electron chi connectivity index (χ0n) is 19.9. The lowest BCUT2D eigenvalue weighted by Crippen LogP contribution is -2.58. The lowest BCUT2D eigenvalue weighted by atomic mass is 9.70. The number of carbonyl (C=O) groups is 2. The first-order valence-corrected chi connectivity index (χ1v) is 11.9. The number of ketones is 2. The molecule has 1 unspecified atom stereocenters. The summed E-state index contributed by atoms with van der Waals surface area (Å²) in [4.78, 5) is 28.3. The minimum absolute atomic E-state index is 0.267. The molecule has 2 aliphatic rings. The van der Waals surface area contributed by atoms with Crippen molar-refractivity contribution in [2.45, 2.75) is 31.9 Å². The molecule has 4 heterocycles. The standard InChI is InChI=1S/C25H25N7O4/c1-3-32-18-11-15(12-20(35-2)17(18)13-27-32)22(33)21-23(34)16-10-14(24-28-30-31-29-24)4-5-19(16)36-25(21)6-8-26-9-7-25/h4-5,10-13,21,26H,3,6-9H2,1-2H3,(H,28,29,30,31). The third-order valence-corrected chi connectivity index (χ3v) is 7.19. The predicted octanol–water partition coefficient (Wildman–Crippen LogP) is 2.44. The van der Waals surface area contributed by atoms with Gasteiger partial charge < -0.3 is 14.8 Å². The number of H-pyrrole nitrogens is 1. The number of hydrogen-bond donors (Lipinski definition) is 2. The lowest BCUT2D eigenvalue weighted by Gasteiger charge is -2.45. The van der Waals surface area contributed by atoms with Crippen molar-refractivity contribution in [3.05, 3.63) is 47.7 Å². The molecule has 1 atom stereocenters. The number of benzene rings is 2. The van der Waals surface area contributed by atoms with Gasteiger partial charge in [-0.3, -0.25) is 14.3 Å². The number of tetrazole rings is 1. The van der Waals surface area contributed by atoms with E-state index in [0.717, 1.165) is 10.9 Å². The van der Waals surface area contributed by atoms with Crippen LogP contribution in [0.3, 0.4) is 0 Å². The highest BCUT2D eigenvalue weighted by molar-refractivity contribution is 6.19. The van der Waals surface area contributed by atoms with Crippen molar-refractivity contribution in [1.29, 1.82) is 0 Å². The third-order valence-electron chi connectivity index (χ3n) is 7.19. The van der Waals surface area contributed by atoms with Crippen LogP contribution in [-0.2, 0) is 6.54 Å². The van der Waals surface area contributed by atoms with E-state index >= 15 is 0 Å². The topological polar surface area (TPSA) is 137 Å². The van der Waals surface area contributed by atoms with E-state index in [1.807, 2.05) is 6.92 Å². The highest BCUT2D eigenvalue weighted by atomic mass is 16.5. The molecule has 0 radical (unpaired) electrons. The Bertz CT molecular complexity index is 1470. The van der Waals surface area contributed by atoms with Crippen LogP contribution >= 0.6 is 0 Å². The van der Waals surface area contributed by atoms with Crippen molar-refractivity contribution in [3.8, 4) is 22.9 Å². The van der Waals surface area contributed by atoms with Gasteiger partial charge in [0.1, 0.15) is 23.0 Å². The van der Waals surface area contributed by atoms with E-state index in [2.05, 4.69) is 31.0 Å². The Kier molecular flexibility index (Phi) is 5.29. The molecule has 1 spiro atoms. The summed E-state index contributed by atoms with van der Waals surface area (Å²) in [5.41, 5.74) is 1.19. The van der Waals surface area contributed by atoms with Crippen molar-refractivity contribution in [3.63, 3.8) is 0 Å². The number of piperidine rings is 1. The van der Waals surface area contributed by atoms with Gasteiger partial charge in [-0.2, -0.15) is 10.3 Å². The first-order valence-electron chi connectivity index (χ1n) is 11.9. The van der Waals surface area contributed by atoms with Crippen LogP contribution in [0.2, 0.25) is 0 Å². The SMILES string of the molecule is CCn1ncc2c(OC)cc(C(=O)C3C(=O)c4cc(-c5nn[nH]n5)ccc4OC34CCNCC4)cc21. The highest BCUT2D eigenvalue weighted by Gasteiger charge is 2.54. The molecule has 2 N–H and O–H groups in total. The van der Waals surface area contributed by atoms with E-state index < -0.39 is 11.5 Å². The number of hydrogen-bond acceptors (Lipinski definition) is 9. The molecule has 0 aliphatic carbocycles. The van der Waals surface area contributed by atoms with Gasteiger partial charge in [-0.25, -0.2) is 0 Å². The van der Waals surface area contributed by atoms with Gasteiger partial charge in [0.2, 0.25) is 5.82 Å². The van der Waals surface area contributed by atoms with Crippen molar-refractivity contribution < 1.29 is 19.1 Å². The van der Waals surface area contributed by atoms with Crippen molar-refractivity contribution in [2.24, 2.45) is 5.92 Å². The normalized spacial score (nSPS) is 18.7. The molecule has 2 aromatic heterocycles. The summed E-state index contributed by atoms with van der Waals surface area (Å²) >= 11 is 0. The van der Waals surface area contributed by atoms with Gasteiger partial charge in [-0.05, 0) is 55.6 Å². The van der Waals surface area contributed by atoms with Crippen LogP contribution in [0.5, 0.6) is 11.5 Å². The van der Waals surface area contributed by atoms with E-state index in [1.165, 1.54) is 0 Å². The molecule has 6 rings (SSSR count). The average Bonchev–Trinajstić information content (AvgIpc) is 3.59. The second-order valence-corrected chi connectivity index (χ2v) is 9.10. The zero-order chi connectivity index (χ0) is 24.9. The number of carbonyl (C=O) groups excluding carboxylic acids is 2. The fraction of sp³-hybridized carbons (Fsp3) is 0.360. The molecule has 11 nitrogen and oxygen atoms in total. The maximum atomic E-state index is 14.2. The van der Waals surface area contributed by atoms with Crippen molar-refractivity contribution >= 4 is 22.5 Å². The third kappa shape index (κ3) is 3.38. The van der Waals surface area contributed by atoms with Gasteiger partial charge in [-0.15, -0.1) is 10.2 Å². The van der Waals surface area contributed by atoms with Gasteiger partial charge in [0.25, 0.3) is 0 Å². The Morgan fingerprint density at radius 3 is 2.81 bits per heavy atom. The summed E-state index contributed by atoms with van der Waals surface area (Å²) in [7, 11) is 1.56. The predicted molar refractivity (Wildman–Crippen MR) is 129 cm³/mol. The number of aromatic amines is 1. The molecule has 0 amide bonds. The molecular formula is C25H25N7O4. The molecule has 11 heteroatoms. The van der Waals surface area contributed by atoms with Gasteiger partial charge in [0.15, 0.2) is 11.6 Å². The van der Waals surface area contributed by atoms with E-state index in [0.29, 0.717) is 66.5 Å². The second-order valence-electron chi connectivity index (χ2n) is 9.10. The minimum atomic E-state index is -1.01. The van der Waals surface area contributed by atoms with E-state index in [9.17, 15) is 9.59 Å². The molecule has 0 saturated carbocycles. The Balaban J connectivity index is 1.48. The first kappa shape index (κ1) is 22.4. The number of aryl methyl sites for hydroxylation is 1. The summed E-state index contributed by atoms with van der Waals surface area (Å²) in [6, 6.07) is 8.70. The highest BCUT2D eigenvalue weighted by Crippen LogP contribution is 2.44. The number of nitrogens with zero attached hydrogens (tertiary/aromatic N) is 5. The van der Waals surface area contributed by atoms with Gasteiger partial charge in [0.05, 0.1) is 29.8 Å². The Morgan fingerprint density at radius 2 is 2.08 bits per heavy atom. The molecule has 36 heavy (non-hydrogen) atoms. The fourth-order valence-electron chi connectivity index (χ4n) is 5.38. The quantitative estimate of drug-likeness (QED) is 0.321. The van der Waals surface area contributed by atoms with Crippen LogP contribution in [-0.4, -0.2) is 67.8 Å². The summed E-state index contributed by atoms with van der Waals surface area (Å²) in [6.45, 7) is 3.92. The molecule has 1 saturated heterocycles. The number of aromatic nitrogens is 6. The average molecular weight is 488 g/mol. The Morgan fingerprint density at radius 1 is 1.25 bits per heavy atom. The Labute approximate surface area is 206 Å². The van der Waals surface area contributed by atoms with E-state index in [4.69, 9.17) is 9.47 Å². The lowest BCUT2D eigenvalue weighted by molar-refractivity contribution is -0.0138. The molecular weight excluding hydrogens is 462 g/mol. The fourth-order valence-corrected chi connectivity index (χ4v) is 5.38. The van der Waals surface area contributed by atoms with Crippen LogP contribution in [0.1, 0.15) is 40.5 Å². The summed E-state index contributed by atoms with van der Waals surface area (Å²) < 4.78 is 13.9. The number of methoxy groups -OCH3 is 1. The molecule has 4 aromatic rings. The van der Waals surface area contributed by atoms with Crippen molar-refractivity contribution in [1.82, 2.24) is 35.7 Å². The minimum Gasteiger partial charge on any atom is -0.496 e.